The highest BCUT2D eigenvalue weighted by Crippen LogP contribution is 2.30. The van der Waals surface area contributed by atoms with Crippen LogP contribution in [0, 0.1) is 18.8 Å². The number of aliphatic hydroxyl groups is 1. The van der Waals surface area contributed by atoms with Gasteiger partial charge in [0.05, 0.1) is 17.3 Å². The van der Waals surface area contributed by atoms with Gasteiger partial charge in [-0.15, -0.1) is 11.3 Å². The Balaban J connectivity index is 2.04. The van der Waals surface area contributed by atoms with E-state index < -0.39 is 0 Å². The van der Waals surface area contributed by atoms with E-state index >= 15 is 0 Å². The van der Waals surface area contributed by atoms with Crippen molar-refractivity contribution in [2.45, 2.75) is 26.7 Å². The molecule has 0 radical (unpaired) electrons. The van der Waals surface area contributed by atoms with Gasteiger partial charge in [0.15, 0.2) is 0 Å². The van der Waals surface area contributed by atoms with E-state index in [0.29, 0.717) is 25.6 Å². The maximum atomic E-state index is 12.9. The summed E-state index contributed by atoms with van der Waals surface area (Å²) in [4.78, 5) is 22.3. The third kappa shape index (κ3) is 5.00. The number of ether oxygens (including phenoxy) is 1. The lowest BCUT2D eigenvalue weighted by atomic mass is 9.96. The number of hydrogen-bond donors (Lipinski definition) is 1. The van der Waals surface area contributed by atoms with Gasteiger partial charge in [-0.2, -0.15) is 0 Å². The zero-order valence-corrected chi connectivity index (χ0v) is 16.8. The Morgan fingerprint density at radius 2 is 2.12 bits per heavy atom. The highest BCUT2D eigenvalue weighted by atomic mass is 32.1. The molecule has 0 bridgehead atoms. The molecule has 1 aromatic rings. The smallest absolute Gasteiger partial charge is 0.265 e. The third-order valence-electron chi connectivity index (χ3n) is 4.82. The Morgan fingerprint density at radius 1 is 1.44 bits per heavy atom. The van der Waals surface area contributed by atoms with Crippen molar-refractivity contribution in [1.82, 2.24) is 14.8 Å². The summed E-state index contributed by atoms with van der Waals surface area (Å²) in [5.41, 5.74) is 0.819. The van der Waals surface area contributed by atoms with Crippen molar-refractivity contribution in [1.29, 1.82) is 0 Å². The van der Waals surface area contributed by atoms with E-state index in [2.05, 4.69) is 30.8 Å². The Morgan fingerprint density at radius 3 is 2.68 bits per heavy atom. The molecule has 25 heavy (non-hydrogen) atoms. The van der Waals surface area contributed by atoms with Crippen LogP contribution in [0.4, 0.5) is 0 Å². The summed E-state index contributed by atoms with van der Waals surface area (Å²) in [5.74, 6) is 0.805. The maximum Gasteiger partial charge on any atom is 0.265 e. The summed E-state index contributed by atoms with van der Waals surface area (Å²) in [6.45, 7) is 9.92. The number of thiazole rings is 1. The van der Waals surface area contributed by atoms with Gasteiger partial charge in [0.1, 0.15) is 4.88 Å². The number of carbonyl (C=O) groups is 1. The first-order chi connectivity index (χ1) is 11.9. The van der Waals surface area contributed by atoms with Gasteiger partial charge in [-0.25, -0.2) is 4.98 Å². The zero-order valence-electron chi connectivity index (χ0n) is 16.0. The average molecular weight is 370 g/mol. The van der Waals surface area contributed by atoms with Crippen molar-refractivity contribution in [2.24, 2.45) is 11.8 Å². The Bertz CT molecular complexity index is 576. The molecule has 0 unspecified atom stereocenters. The second kappa shape index (κ2) is 9.07. The number of carbonyl (C=O) groups excluding carboxylic acids is 1. The van der Waals surface area contributed by atoms with Crippen molar-refractivity contribution >= 4 is 17.2 Å². The summed E-state index contributed by atoms with van der Waals surface area (Å²) < 4.78 is 5.12. The molecule has 1 aliphatic heterocycles. The number of likely N-dealkylation sites (tertiary alicyclic amines) is 1. The summed E-state index contributed by atoms with van der Waals surface area (Å²) in [7, 11) is 3.75. The first-order valence-electron chi connectivity index (χ1n) is 8.92. The van der Waals surface area contributed by atoms with Gasteiger partial charge in [0.25, 0.3) is 5.91 Å². The van der Waals surface area contributed by atoms with Crippen LogP contribution in [-0.2, 0) is 4.74 Å². The molecule has 1 N–H and O–H groups in total. The molecular weight excluding hydrogens is 338 g/mol. The zero-order chi connectivity index (χ0) is 18.6. The lowest BCUT2D eigenvalue weighted by Crippen LogP contribution is -2.33. The van der Waals surface area contributed by atoms with E-state index in [1.54, 1.807) is 7.11 Å². The van der Waals surface area contributed by atoms with Crippen LogP contribution in [0.25, 0.3) is 0 Å². The molecule has 2 atom stereocenters. The minimum Gasteiger partial charge on any atom is -0.396 e. The summed E-state index contributed by atoms with van der Waals surface area (Å²) in [6.07, 6.45) is 0. The van der Waals surface area contributed by atoms with Crippen LogP contribution in [0.5, 0.6) is 0 Å². The van der Waals surface area contributed by atoms with Crippen LogP contribution in [0.1, 0.15) is 40.1 Å². The van der Waals surface area contributed by atoms with Gasteiger partial charge < -0.3 is 19.6 Å². The molecule has 1 fully saturated rings. The van der Waals surface area contributed by atoms with E-state index in [4.69, 9.17) is 4.74 Å². The molecule has 2 heterocycles. The Hall–Kier alpha value is -1.02. The van der Waals surface area contributed by atoms with Crippen LogP contribution < -0.4 is 0 Å². The number of amides is 1. The molecule has 0 aliphatic carbocycles. The summed E-state index contributed by atoms with van der Waals surface area (Å²) in [6, 6.07) is 0. The number of aryl methyl sites for hydroxylation is 1. The maximum absolute atomic E-state index is 12.9. The Kier molecular flexibility index (Phi) is 7.37. The molecule has 7 heteroatoms. The number of methoxy groups -OCH3 is 1. The lowest BCUT2D eigenvalue weighted by Gasteiger charge is -2.23. The second-order valence-electron chi connectivity index (χ2n) is 7.29. The predicted octanol–water partition coefficient (Wildman–Crippen LogP) is 1.83. The second-order valence-corrected chi connectivity index (χ2v) is 8.32. The van der Waals surface area contributed by atoms with E-state index in [1.807, 2.05) is 11.8 Å². The van der Waals surface area contributed by atoms with Crippen molar-refractivity contribution < 1.29 is 14.6 Å². The highest BCUT2D eigenvalue weighted by molar-refractivity contribution is 7.13. The molecule has 1 aliphatic rings. The van der Waals surface area contributed by atoms with Crippen molar-refractivity contribution in [2.75, 3.05) is 53.6 Å². The van der Waals surface area contributed by atoms with Crippen LogP contribution in [0.3, 0.4) is 0 Å². The molecule has 2 rings (SSSR count). The summed E-state index contributed by atoms with van der Waals surface area (Å²) in [5, 5.41) is 10.7. The van der Waals surface area contributed by atoms with Gasteiger partial charge in [-0.05, 0) is 19.9 Å². The topological polar surface area (TPSA) is 65.9 Å². The monoisotopic (exact) mass is 369 g/mol. The van der Waals surface area contributed by atoms with E-state index in [9.17, 15) is 9.90 Å². The average Bonchev–Trinajstić information content (AvgIpc) is 3.16. The molecule has 0 spiro atoms. The molecule has 1 amide bonds. The van der Waals surface area contributed by atoms with Crippen molar-refractivity contribution in [3.63, 3.8) is 0 Å². The van der Waals surface area contributed by atoms with Crippen LogP contribution >= 0.6 is 11.3 Å². The standard InChI is InChI=1S/C18H31N3O3S/c1-12(2)17-19-13(3)16(25-17)18(23)21-9-14(15(10-21)11-22)8-20(4)6-7-24-5/h12,14-15,22H,6-11H2,1-5H3/t14-,15-/m1/s1. The molecule has 142 valence electrons. The minimum atomic E-state index is 0.0578. The van der Waals surface area contributed by atoms with E-state index in [-0.39, 0.29) is 24.3 Å². The largest absolute Gasteiger partial charge is 0.396 e. The molecule has 1 saturated heterocycles. The quantitative estimate of drug-likeness (QED) is 0.757. The predicted molar refractivity (Wildman–Crippen MR) is 100 cm³/mol. The number of likely N-dealkylation sites (N-methyl/N-ethyl adjacent to an activating group) is 1. The van der Waals surface area contributed by atoms with Gasteiger partial charge in [-0.1, -0.05) is 13.8 Å². The van der Waals surface area contributed by atoms with Gasteiger partial charge in [0, 0.05) is 51.7 Å². The molecular formula is C18H31N3O3S. The number of nitrogens with zero attached hydrogens (tertiary/aromatic N) is 3. The molecule has 1 aromatic heterocycles. The van der Waals surface area contributed by atoms with Crippen LogP contribution in [-0.4, -0.2) is 79.3 Å². The fourth-order valence-corrected chi connectivity index (χ4v) is 4.30. The minimum absolute atomic E-state index is 0.0578. The Labute approximate surface area is 154 Å². The highest BCUT2D eigenvalue weighted by Gasteiger charge is 2.36. The van der Waals surface area contributed by atoms with Crippen molar-refractivity contribution in [3.05, 3.63) is 15.6 Å². The number of aromatic nitrogens is 1. The number of rotatable bonds is 8. The van der Waals surface area contributed by atoms with Crippen LogP contribution in [0.15, 0.2) is 0 Å². The van der Waals surface area contributed by atoms with Gasteiger partial charge in [-0.3, -0.25) is 4.79 Å². The summed E-state index contributed by atoms with van der Waals surface area (Å²) >= 11 is 1.51. The van der Waals surface area contributed by atoms with Gasteiger partial charge >= 0.3 is 0 Å². The lowest BCUT2D eigenvalue weighted by molar-refractivity contribution is 0.0782. The molecule has 6 nitrogen and oxygen atoms in total. The molecule has 0 aromatic carbocycles. The van der Waals surface area contributed by atoms with Gasteiger partial charge in [0.2, 0.25) is 0 Å². The third-order valence-corrected chi connectivity index (χ3v) is 6.27. The number of hydrogen-bond acceptors (Lipinski definition) is 6. The number of aliphatic hydroxyl groups excluding tert-OH is 1. The molecule has 0 saturated carbocycles. The van der Waals surface area contributed by atoms with E-state index in [0.717, 1.165) is 28.7 Å². The first kappa shape index (κ1) is 20.3. The van der Waals surface area contributed by atoms with Crippen LogP contribution in [0.2, 0.25) is 0 Å². The fourth-order valence-electron chi connectivity index (χ4n) is 3.26. The van der Waals surface area contributed by atoms with Crippen molar-refractivity contribution in [3.8, 4) is 0 Å². The SMILES string of the molecule is COCCN(C)C[C@@H]1CN(C(=O)c2sc(C(C)C)nc2C)C[C@@H]1CO. The van der Waals surface area contributed by atoms with E-state index in [1.165, 1.54) is 11.3 Å². The first-order valence-corrected chi connectivity index (χ1v) is 9.73. The normalized spacial score (nSPS) is 20.9. The fraction of sp³-hybridized carbons (Fsp3) is 0.778.